The Bertz CT molecular complexity index is 457. The summed E-state index contributed by atoms with van der Waals surface area (Å²) in [6, 6.07) is 6.17. The first-order chi connectivity index (χ1) is 9.81. The summed E-state index contributed by atoms with van der Waals surface area (Å²) in [7, 11) is 0. The van der Waals surface area contributed by atoms with Crippen molar-refractivity contribution in [3.63, 3.8) is 0 Å². The minimum absolute atomic E-state index is 0.489. The van der Waals surface area contributed by atoms with Crippen molar-refractivity contribution < 1.29 is 4.74 Å². The predicted octanol–water partition coefficient (Wildman–Crippen LogP) is 2.57. The largest absolute Gasteiger partial charge is 0.377 e. The van der Waals surface area contributed by atoms with Gasteiger partial charge in [0.05, 0.1) is 11.8 Å². The second-order valence-electron chi connectivity index (χ2n) is 6.56. The number of hydrogen-bond acceptors (Lipinski definition) is 4. The number of rotatable bonds is 5. The molecule has 1 aromatic heterocycles. The first-order valence-electron chi connectivity index (χ1n) is 7.69. The molecule has 0 aromatic carbocycles. The highest BCUT2D eigenvalue weighted by Gasteiger charge is 2.49. The fourth-order valence-electron chi connectivity index (χ4n) is 3.29. The lowest BCUT2D eigenvalue weighted by Gasteiger charge is -2.47. The van der Waals surface area contributed by atoms with E-state index in [-0.39, 0.29) is 0 Å². The molecule has 20 heavy (non-hydrogen) atoms. The summed E-state index contributed by atoms with van der Waals surface area (Å²) in [5, 5.41) is 0. The van der Waals surface area contributed by atoms with E-state index in [1.165, 1.54) is 43.8 Å². The zero-order chi connectivity index (χ0) is 13.4. The molecule has 4 heteroatoms. The Labute approximate surface area is 125 Å². The smallest absolute Gasteiger partial charge is 0.0680 e. The van der Waals surface area contributed by atoms with Crippen molar-refractivity contribution in [3.05, 3.63) is 30.1 Å². The van der Waals surface area contributed by atoms with Gasteiger partial charge >= 0.3 is 0 Å². The number of likely N-dealkylation sites (tertiary alicyclic amines) is 1. The molecule has 4 rings (SSSR count). The third-order valence-electron chi connectivity index (χ3n) is 4.57. The number of nitrogens with zero attached hydrogens (tertiary/aromatic N) is 2. The maximum atomic E-state index is 6.06. The Morgan fingerprint density at radius 1 is 1.35 bits per heavy atom. The predicted molar refractivity (Wildman–Crippen MR) is 81.8 cm³/mol. The molecule has 1 spiro atoms. The SMILES string of the molecule is c1ccc(CN2CC3(CC(OCC4CC4)CS3)C2)nc1. The van der Waals surface area contributed by atoms with E-state index in [0.29, 0.717) is 10.9 Å². The molecule has 2 saturated heterocycles. The van der Waals surface area contributed by atoms with Gasteiger partial charge in [-0.25, -0.2) is 0 Å². The van der Waals surface area contributed by atoms with E-state index in [4.69, 9.17) is 4.74 Å². The topological polar surface area (TPSA) is 25.4 Å². The van der Waals surface area contributed by atoms with Gasteiger partial charge in [0.1, 0.15) is 0 Å². The summed E-state index contributed by atoms with van der Waals surface area (Å²) in [6.07, 6.45) is 6.43. The lowest BCUT2D eigenvalue weighted by Crippen LogP contribution is -2.58. The van der Waals surface area contributed by atoms with Gasteiger partial charge < -0.3 is 4.74 Å². The fraction of sp³-hybridized carbons (Fsp3) is 0.688. The van der Waals surface area contributed by atoms with E-state index in [9.17, 15) is 0 Å². The Morgan fingerprint density at radius 3 is 3.00 bits per heavy atom. The van der Waals surface area contributed by atoms with E-state index >= 15 is 0 Å². The van der Waals surface area contributed by atoms with E-state index in [1.807, 2.05) is 12.3 Å². The van der Waals surface area contributed by atoms with Crippen molar-refractivity contribution in [1.29, 1.82) is 0 Å². The highest BCUT2D eigenvalue weighted by atomic mass is 32.2. The van der Waals surface area contributed by atoms with Crippen molar-refractivity contribution in [1.82, 2.24) is 9.88 Å². The van der Waals surface area contributed by atoms with Crippen molar-refractivity contribution in [2.45, 2.75) is 36.7 Å². The summed E-state index contributed by atoms with van der Waals surface area (Å²) in [5.41, 5.74) is 1.19. The van der Waals surface area contributed by atoms with Gasteiger partial charge in [0.2, 0.25) is 0 Å². The molecule has 0 amide bonds. The average molecular weight is 290 g/mol. The molecular weight excluding hydrogens is 268 g/mol. The monoisotopic (exact) mass is 290 g/mol. The Hall–Kier alpha value is -0.580. The molecule has 0 radical (unpaired) electrons. The molecule has 1 saturated carbocycles. The number of thioether (sulfide) groups is 1. The van der Waals surface area contributed by atoms with Gasteiger partial charge in [-0.2, -0.15) is 0 Å². The van der Waals surface area contributed by atoms with Gasteiger partial charge in [-0.05, 0) is 37.3 Å². The maximum absolute atomic E-state index is 6.06. The third kappa shape index (κ3) is 2.87. The zero-order valence-corrected chi connectivity index (χ0v) is 12.6. The number of pyridine rings is 1. The summed E-state index contributed by atoms with van der Waals surface area (Å²) in [4.78, 5) is 6.93. The molecule has 3 fully saturated rings. The van der Waals surface area contributed by atoms with Gasteiger partial charge in [0.25, 0.3) is 0 Å². The van der Waals surface area contributed by atoms with Crippen LogP contribution in [0, 0.1) is 5.92 Å². The number of hydrogen-bond donors (Lipinski definition) is 0. The van der Waals surface area contributed by atoms with E-state index < -0.39 is 0 Å². The van der Waals surface area contributed by atoms with Crippen LogP contribution in [0.1, 0.15) is 25.0 Å². The zero-order valence-electron chi connectivity index (χ0n) is 11.8. The van der Waals surface area contributed by atoms with Crippen LogP contribution in [-0.2, 0) is 11.3 Å². The number of aromatic nitrogens is 1. The summed E-state index contributed by atoms with van der Waals surface area (Å²) < 4.78 is 6.55. The van der Waals surface area contributed by atoms with Crippen LogP contribution in [0.5, 0.6) is 0 Å². The lowest BCUT2D eigenvalue weighted by atomic mass is 9.93. The molecule has 1 atom stereocenters. The van der Waals surface area contributed by atoms with Crippen molar-refractivity contribution >= 4 is 11.8 Å². The van der Waals surface area contributed by atoms with Gasteiger partial charge in [-0.15, -0.1) is 11.8 Å². The van der Waals surface area contributed by atoms with Gasteiger partial charge in [-0.1, -0.05) is 6.07 Å². The Kier molecular flexibility index (Phi) is 3.49. The molecule has 1 aromatic rings. The minimum atomic E-state index is 0.489. The normalized spacial score (nSPS) is 28.7. The van der Waals surface area contributed by atoms with Crippen LogP contribution in [0.2, 0.25) is 0 Å². The molecule has 1 unspecified atom stereocenters. The van der Waals surface area contributed by atoms with Crippen LogP contribution >= 0.6 is 11.8 Å². The number of ether oxygens (including phenoxy) is 1. The quantitative estimate of drug-likeness (QED) is 0.832. The van der Waals surface area contributed by atoms with Crippen LogP contribution < -0.4 is 0 Å². The second kappa shape index (κ2) is 5.32. The van der Waals surface area contributed by atoms with Crippen LogP contribution in [0.4, 0.5) is 0 Å². The molecule has 1 aliphatic carbocycles. The standard InChI is InChI=1S/C16H22N2OS/c1-2-6-17-14(3-1)8-18-11-16(12-18)7-15(10-20-16)19-9-13-4-5-13/h1-3,6,13,15H,4-5,7-12H2. The molecule has 0 N–H and O–H groups in total. The molecular formula is C16H22N2OS. The van der Waals surface area contributed by atoms with E-state index in [0.717, 1.165) is 19.1 Å². The van der Waals surface area contributed by atoms with Crippen LogP contribution in [0.3, 0.4) is 0 Å². The minimum Gasteiger partial charge on any atom is -0.377 e. The highest BCUT2D eigenvalue weighted by molar-refractivity contribution is 8.01. The Morgan fingerprint density at radius 2 is 2.25 bits per heavy atom. The molecule has 0 bridgehead atoms. The molecule has 3 heterocycles. The van der Waals surface area contributed by atoms with E-state index in [2.05, 4.69) is 33.8 Å². The summed E-state index contributed by atoms with van der Waals surface area (Å²) in [5.74, 6) is 2.09. The highest BCUT2D eigenvalue weighted by Crippen LogP contribution is 2.46. The molecule has 3 nitrogen and oxygen atoms in total. The average Bonchev–Trinajstić information content (AvgIpc) is 3.17. The fourth-order valence-corrected chi connectivity index (χ4v) is 4.89. The molecule has 2 aliphatic heterocycles. The summed E-state index contributed by atoms with van der Waals surface area (Å²) in [6.45, 7) is 4.42. The van der Waals surface area contributed by atoms with Crippen molar-refractivity contribution in [2.24, 2.45) is 5.92 Å². The molecule has 3 aliphatic rings. The van der Waals surface area contributed by atoms with Gasteiger partial charge in [-0.3, -0.25) is 9.88 Å². The maximum Gasteiger partial charge on any atom is 0.0680 e. The second-order valence-corrected chi connectivity index (χ2v) is 8.05. The van der Waals surface area contributed by atoms with Gasteiger partial charge in [0.15, 0.2) is 0 Å². The van der Waals surface area contributed by atoms with Crippen LogP contribution in [0.25, 0.3) is 0 Å². The van der Waals surface area contributed by atoms with Crippen molar-refractivity contribution in [2.75, 3.05) is 25.4 Å². The lowest BCUT2D eigenvalue weighted by molar-refractivity contribution is 0.0303. The van der Waals surface area contributed by atoms with Gasteiger partial charge in [0, 0.05) is 42.9 Å². The van der Waals surface area contributed by atoms with Crippen LogP contribution in [0.15, 0.2) is 24.4 Å². The molecule has 108 valence electrons. The van der Waals surface area contributed by atoms with Crippen molar-refractivity contribution in [3.8, 4) is 0 Å². The first-order valence-corrected chi connectivity index (χ1v) is 8.68. The van der Waals surface area contributed by atoms with Crippen LogP contribution in [-0.4, -0.2) is 46.2 Å². The Balaban J connectivity index is 1.23. The first kappa shape index (κ1) is 13.1. The third-order valence-corrected chi connectivity index (χ3v) is 6.15. The van der Waals surface area contributed by atoms with E-state index in [1.54, 1.807) is 0 Å². The summed E-state index contributed by atoms with van der Waals surface area (Å²) >= 11 is 2.14.